The molecule has 8 heteroatoms. The first-order chi connectivity index (χ1) is 19.8. The summed E-state index contributed by atoms with van der Waals surface area (Å²) in [5.41, 5.74) is 7.09. The maximum Gasteiger partial charge on any atom is 0.350 e. The van der Waals surface area contributed by atoms with Crippen LogP contribution in [0.5, 0.6) is 0 Å². The average molecular weight is 582 g/mol. The highest BCUT2D eigenvalue weighted by molar-refractivity contribution is 6.02. The third-order valence-corrected chi connectivity index (χ3v) is 7.94. The van der Waals surface area contributed by atoms with Crippen molar-refractivity contribution in [2.75, 3.05) is 54.0 Å². The van der Waals surface area contributed by atoms with Crippen LogP contribution in [0, 0.1) is 6.92 Å². The van der Waals surface area contributed by atoms with Crippen molar-refractivity contribution < 1.29 is 18.3 Å². The molecule has 0 atom stereocenters. The number of aromatic nitrogens is 1. The van der Waals surface area contributed by atoms with Gasteiger partial charge in [0.05, 0.1) is 37.7 Å². The number of hydrogen-bond acceptors (Lipinski definition) is 5. The zero-order chi connectivity index (χ0) is 31.2. The Bertz CT molecular complexity index is 1360. The quantitative estimate of drug-likeness (QED) is 0.197. The van der Waals surface area contributed by atoms with E-state index in [1.54, 1.807) is 14.1 Å². The van der Waals surface area contributed by atoms with Gasteiger partial charge in [-0.2, -0.15) is 8.78 Å². The minimum Gasteiger partial charge on any atom is -0.380 e. The molecule has 2 heterocycles. The Labute approximate surface area is 250 Å². The van der Waals surface area contributed by atoms with E-state index < -0.39 is 11.6 Å². The van der Waals surface area contributed by atoms with Crippen molar-refractivity contribution in [2.45, 2.75) is 53.4 Å². The maximum absolute atomic E-state index is 14.0. The molecule has 0 spiro atoms. The van der Waals surface area contributed by atoms with Crippen LogP contribution in [0.3, 0.4) is 0 Å². The predicted molar refractivity (Wildman–Crippen MR) is 168 cm³/mol. The first kappa shape index (κ1) is 33.1. The van der Waals surface area contributed by atoms with Gasteiger partial charge in [0.1, 0.15) is 11.4 Å². The number of allylic oxidation sites excluding steroid dienone is 2. The van der Waals surface area contributed by atoms with Crippen molar-refractivity contribution >= 4 is 17.2 Å². The molecule has 1 aromatic carbocycles. The van der Waals surface area contributed by atoms with Crippen molar-refractivity contribution in [3.63, 3.8) is 0 Å². The van der Waals surface area contributed by atoms with Gasteiger partial charge < -0.3 is 14.5 Å². The van der Waals surface area contributed by atoms with Gasteiger partial charge in [0.2, 0.25) is 0 Å². The van der Waals surface area contributed by atoms with Crippen LogP contribution in [-0.4, -0.2) is 74.7 Å². The monoisotopic (exact) mass is 581 g/mol. The van der Waals surface area contributed by atoms with Gasteiger partial charge >= 0.3 is 5.91 Å². The Morgan fingerprint density at radius 1 is 1.17 bits per heavy atom. The average Bonchev–Trinajstić information content (AvgIpc) is 3.07. The maximum atomic E-state index is 14.0. The van der Waals surface area contributed by atoms with Crippen LogP contribution in [0.25, 0.3) is 5.57 Å². The fourth-order valence-electron chi connectivity index (χ4n) is 5.26. The van der Waals surface area contributed by atoms with Gasteiger partial charge in [-0.15, -0.1) is 0 Å². The number of likely N-dealkylation sites (N-methyl/N-ethyl adjacent to an activating group) is 1. The fraction of sp³-hybridized carbons (Fsp3) is 0.471. The molecule has 1 aromatic heterocycles. The Morgan fingerprint density at radius 2 is 1.88 bits per heavy atom. The minimum atomic E-state index is -3.14. The number of pyridine rings is 1. The van der Waals surface area contributed by atoms with Crippen LogP contribution in [0.4, 0.5) is 14.5 Å². The molecule has 1 amide bonds. The summed E-state index contributed by atoms with van der Waals surface area (Å²) in [4.78, 5) is 22.1. The van der Waals surface area contributed by atoms with E-state index in [-0.39, 0.29) is 16.0 Å². The Balaban J connectivity index is 2.14. The highest BCUT2D eigenvalue weighted by Crippen LogP contribution is 2.36. The molecule has 0 fully saturated rings. The second-order valence-electron chi connectivity index (χ2n) is 11.5. The predicted octanol–water partition coefficient (Wildman–Crippen LogP) is 7.16. The minimum absolute atomic E-state index is 0.139. The number of ether oxygens (including phenoxy) is 1. The van der Waals surface area contributed by atoms with Crippen molar-refractivity contribution in [3.8, 4) is 0 Å². The topological polar surface area (TPSA) is 45.7 Å². The molecule has 1 aliphatic heterocycles. The molecule has 2 aromatic rings. The summed E-state index contributed by atoms with van der Waals surface area (Å²) in [5.74, 6) is -3.43. The van der Waals surface area contributed by atoms with Crippen LogP contribution in [0.1, 0.15) is 67.7 Å². The summed E-state index contributed by atoms with van der Waals surface area (Å²) in [7, 11) is 5.65. The van der Waals surface area contributed by atoms with Crippen LogP contribution < -0.4 is 4.48 Å². The molecule has 3 rings (SSSR count). The molecule has 228 valence electrons. The lowest BCUT2D eigenvalue weighted by molar-refractivity contribution is 0.0127. The van der Waals surface area contributed by atoms with E-state index in [4.69, 9.17) is 4.74 Å². The number of halogens is 2. The summed E-state index contributed by atoms with van der Waals surface area (Å²) >= 11 is 0. The number of carbonyl (C=O) groups is 1. The lowest BCUT2D eigenvalue weighted by atomic mass is 9.93. The Morgan fingerprint density at radius 3 is 2.50 bits per heavy atom. The van der Waals surface area contributed by atoms with Crippen LogP contribution in [0.2, 0.25) is 0 Å². The molecule has 6 nitrogen and oxygen atoms in total. The lowest BCUT2D eigenvalue weighted by Gasteiger charge is -2.31. The highest BCUT2D eigenvalue weighted by atomic mass is 19.3. The zero-order valence-electron chi connectivity index (χ0n) is 26.6. The third-order valence-electron chi connectivity index (χ3n) is 7.94. The van der Waals surface area contributed by atoms with Crippen LogP contribution in [0.15, 0.2) is 66.2 Å². The van der Waals surface area contributed by atoms with Gasteiger partial charge in [0, 0.05) is 52.5 Å². The van der Waals surface area contributed by atoms with Crippen molar-refractivity contribution in [2.24, 2.45) is 0 Å². The number of quaternary nitrogens is 1. The first-order valence-corrected chi connectivity index (χ1v) is 14.8. The van der Waals surface area contributed by atoms with Gasteiger partial charge in [-0.25, -0.2) is 9.28 Å². The number of carbonyl (C=O) groups excluding carboxylic acids is 1. The lowest BCUT2D eigenvalue weighted by Crippen LogP contribution is -2.46. The van der Waals surface area contributed by atoms with Gasteiger partial charge in [0.15, 0.2) is 0 Å². The summed E-state index contributed by atoms with van der Waals surface area (Å²) in [6.45, 7) is 17.4. The van der Waals surface area contributed by atoms with Gasteiger partial charge in [-0.1, -0.05) is 26.5 Å². The third kappa shape index (κ3) is 7.34. The van der Waals surface area contributed by atoms with E-state index in [1.165, 1.54) is 23.9 Å². The number of hydrogen-bond donors (Lipinski definition) is 0. The first-order valence-electron chi connectivity index (χ1n) is 14.8. The van der Waals surface area contributed by atoms with Crippen molar-refractivity contribution in [1.29, 1.82) is 0 Å². The van der Waals surface area contributed by atoms with E-state index in [0.29, 0.717) is 13.2 Å². The van der Waals surface area contributed by atoms with E-state index in [2.05, 4.69) is 61.3 Å². The molecule has 42 heavy (non-hydrogen) atoms. The van der Waals surface area contributed by atoms with Crippen molar-refractivity contribution in [3.05, 3.63) is 88.5 Å². The normalized spacial score (nSPS) is 14.7. The summed E-state index contributed by atoms with van der Waals surface area (Å²) in [6.07, 6.45) is 5.37. The standard InChI is InChI=1S/C34H47F2N4O2/c1-10-17-39(18-19-42-12-3)31-22-30(26(11-2)23-38(7)25(31)5)29-21-28(14-13-24(29)4)40(8,9)33(41)27-15-16-37-32(20-27)34(6,35)36/h13-16,20-22H,5,10-12,17-19,23H2,1-4,6-9H3/q+1. The van der Waals surface area contributed by atoms with E-state index in [9.17, 15) is 13.6 Å². The Kier molecular flexibility index (Phi) is 10.8. The molecule has 0 aliphatic carbocycles. The summed E-state index contributed by atoms with van der Waals surface area (Å²) in [6, 6.07) is 8.74. The zero-order valence-corrected chi connectivity index (χ0v) is 26.6. The highest BCUT2D eigenvalue weighted by Gasteiger charge is 2.34. The van der Waals surface area contributed by atoms with Gasteiger partial charge in [0.25, 0.3) is 5.92 Å². The summed E-state index contributed by atoms with van der Waals surface area (Å²) < 4.78 is 33.5. The molecule has 0 saturated heterocycles. The molecular formula is C34H47F2N4O2+. The molecule has 0 radical (unpaired) electrons. The smallest absolute Gasteiger partial charge is 0.350 e. The largest absolute Gasteiger partial charge is 0.380 e. The fourth-order valence-corrected chi connectivity index (χ4v) is 5.26. The number of amides is 1. The van der Waals surface area contributed by atoms with Crippen molar-refractivity contribution in [1.82, 2.24) is 19.3 Å². The number of aryl methyl sites for hydroxylation is 1. The molecule has 1 aliphatic rings. The second kappa shape index (κ2) is 13.7. The number of rotatable bonds is 12. The Hall–Kier alpha value is -3.36. The van der Waals surface area contributed by atoms with Gasteiger partial charge in [-0.05, 0) is 73.2 Å². The number of benzene rings is 1. The van der Waals surface area contributed by atoms with Crippen LogP contribution >= 0.6 is 0 Å². The molecule has 0 bridgehead atoms. The second-order valence-corrected chi connectivity index (χ2v) is 11.5. The van der Waals surface area contributed by atoms with E-state index in [0.717, 1.165) is 73.2 Å². The molecular weight excluding hydrogens is 534 g/mol. The molecule has 0 N–H and O–H groups in total. The number of nitrogens with zero attached hydrogens (tertiary/aromatic N) is 4. The summed E-state index contributed by atoms with van der Waals surface area (Å²) in [5, 5.41) is 0. The van der Waals surface area contributed by atoms with E-state index in [1.807, 2.05) is 19.1 Å². The molecule has 0 unspecified atom stereocenters. The number of alkyl halides is 2. The van der Waals surface area contributed by atoms with E-state index >= 15 is 0 Å². The van der Waals surface area contributed by atoms with Crippen LogP contribution in [-0.2, 0) is 10.7 Å². The SMILES string of the molecule is C=C1C(N(CCC)CCOCC)=CC(c2cc([N+](C)(C)C(=O)c3ccnc(C(C)(F)F)c3)ccc2C)=C(CC)CN1C. The molecule has 0 saturated carbocycles. The van der Waals surface area contributed by atoms with Gasteiger partial charge in [-0.3, -0.25) is 4.98 Å².